The standard InChI is InChI=1S/C15H25N3O2S/c1-3-18(13-9-6-7-12(13)11-16)14-8-4-5-10-15(14)21(19,20)17-2/h4-5,8,10,12-13,17H,3,6-7,9,11,16H2,1-2H3. The topological polar surface area (TPSA) is 75.4 Å². The van der Waals surface area contributed by atoms with Gasteiger partial charge in [-0.25, -0.2) is 13.1 Å². The molecule has 0 heterocycles. The maximum absolute atomic E-state index is 12.2. The summed E-state index contributed by atoms with van der Waals surface area (Å²) < 4.78 is 26.9. The summed E-state index contributed by atoms with van der Waals surface area (Å²) in [7, 11) is -2.02. The Morgan fingerprint density at radius 2 is 2.05 bits per heavy atom. The largest absolute Gasteiger partial charge is 0.367 e. The van der Waals surface area contributed by atoms with Gasteiger partial charge in [0.2, 0.25) is 10.0 Å². The summed E-state index contributed by atoms with van der Waals surface area (Å²) in [5, 5.41) is 0. The SMILES string of the molecule is CCN(c1ccccc1S(=O)(=O)NC)C1CCCC1CN. The summed E-state index contributed by atoms with van der Waals surface area (Å²) in [4.78, 5) is 2.55. The number of rotatable bonds is 6. The smallest absolute Gasteiger partial charge is 0.242 e. The number of nitrogens with one attached hydrogen (secondary N) is 1. The van der Waals surface area contributed by atoms with E-state index in [-0.39, 0.29) is 0 Å². The van der Waals surface area contributed by atoms with Crippen LogP contribution in [0.1, 0.15) is 26.2 Å². The Balaban J connectivity index is 2.44. The molecule has 0 radical (unpaired) electrons. The van der Waals surface area contributed by atoms with E-state index in [0.29, 0.717) is 23.4 Å². The van der Waals surface area contributed by atoms with Crippen molar-refractivity contribution in [2.75, 3.05) is 25.0 Å². The van der Waals surface area contributed by atoms with Crippen LogP contribution in [0.15, 0.2) is 29.2 Å². The van der Waals surface area contributed by atoms with Gasteiger partial charge in [-0.3, -0.25) is 0 Å². The molecule has 0 aromatic heterocycles. The van der Waals surface area contributed by atoms with Gasteiger partial charge in [-0.15, -0.1) is 0 Å². The molecular formula is C15H25N3O2S. The lowest BCUT2D eigenvalue weighted by Crippen LogP contribution is -2.41. The second kappa shape index (κ2) is 6.77. The number of nitrogens with two attached hydrogens (primary N) is 1. The van der Waals surface area contributed by atoms with E-state index in [2.05, 4.69) is 16.5 Å². The molecule has 1 fully saturated rings. The Morgan fingerprint density at radius 1 is 1.33 bits per heavy atom. The van der Waals surface area contributed by atoms with Gasteiger partial charge in [-0.2, -0.15) is 0 Å². The van der Waals surface area contributed by atoms with Crippen LogP contribution >= 0.6 is 0 Å². The summed E-state index contributed by atoms with van der Waals surface area (Å²) in [5.41, 5.74) is 6.67. The van der Waals surface area contributed by atoms with Gasteiger partial charge < -0.3 is 10.6 Å². The summed E-state index contributed by atoms with van der Waals surface area (Å²) in [5.74, 6) is 0.440. The molecule has 0 amide bonds. The van der Waals surface area contributed by atoms with Gasteiger partial charge in [0.15, 0.2) is 0 Å². The molecule has 118 valence electrons. The van der Waals surface area contributed by atoms with Crippen molar-refractivity contribution >= 4 is 15.7 Å². The molecule has 0 aliphatic heterocycles. The van der Waals surface area contributed by atoms with E-state index in [4.69, 9.17) is 5.73 Å². The van der Waals surface area contributed by atoms with Crippen molar-refractivity contribution in [1.82, 2.24) is 4.72 Å². The Labute approximate surface area is 127 Å². The van der Waals surface area contributed by atoms with Gasteiger partial charge >= 0.3 is 0 Å². The fourth-order valence-corrected chi connectivity index (χ4v) is 4.26. The number of para-hydroxylation sites is 1. The molecule has 1 aliphatic carbocycles. The van der Waals surface area contributed by atoms with Crippen molar-refractivity contribution in [2.45, 2.75) is 37.1 Å². The van der Waals surface area contributed by atoms with Gasteiger partial charge in [-0.05, 0) is 51.4 Å². The van der Waals surface area contributed by atoms with E-state index in [1.807, 2.05) is 12.1 Å². The zero-order chi connectivity index (χ0) is 15.5. The number of hydrogen-bond acceptors (Lipinski definition) is 4. The van der Waals surface area contributed by atoms with Gasteiger partial charge in [0.1, 0.15) is 4.90 Å². The first-order chi connectivity index (χ1) is 10.0. The van der Waals surface area contributed by atoms with Crippen LogP contribution in [0.2, 0.25) is 0 Å². The van der Waals surface area contributed by atoms with Crippen molar-refractivity contribution in [2.24, 2.45) is 11.7 Å². The quantitative estimate of drug-likeness (QED) is 0.836. The van der Waals surface area contributed by atoms with Crippen LogP contribution in [0.3, 0.4) is 0 Å². The van der Waals surface area contributed by atoms with E-state index < -0.39 is 10.0 Å². The first-order valence-electron chi connectivity index (χ1n) is 7.54. The van der Waals surface area contributed by atoms with E-state index in [9.17, 15) is 8.42 Å². The van der Waals surface area contributed by atoms with Crippen molar-refractivity contribution in [3.8, 4) is 0 Å². The molecule has 1 aliphatic rings. The van der Waals surface area contributed by atoms with E-state index >= 15 is 0 Å². The van der Waals surface area contributed by atoms with Crippen LogP contribution in [-0.2, 0) is 10.0 Å². The van der Waals surface area contributed by atoms with Gasteiger partial charge in [-0.1, -0.05) is 18.6 Å². The number of hydrogen-bond donors (Lipinski definition) is 2. The minimum atomic E-state index is -3.46. The van der Waals surface area contributed by atoms with Crippen LogP contribution in [-0.4, -0.2) is 34.6 Å². The molecule has 1 saturated carbocycles. The number of sulfonamides is 1. The number of anilines is 1. The van der Waals surface area contributed by atoms with Gasteiger partial charge in [0.25, 0.3) is 0 Å². The molecule has 1 aromatic rings. The van der Waals surface area contributed by atoms with E-state index in [0.717, 1.165) is 31.5 Å². The minimum absolute atomic E-state index is 0.327. The van der Waals surface area contributed by atoms with Crippen LogP contribution in [0.4, 0.5) is 5.69 Å². The van der Waals surface area contributed by atoms with E-state index in [1.165, 1.54) is 7.05 Å². The maximum Gasteiger partial charge on any atom is 0.242 e. The molecule has 21 heavy (non-hydrogen) atoms. The van der Waals surface area contributed by atoms with E-state index in [1.54, 1.807) is 12.1 Å². The molecule has 5 nitrogen and oxygen atoms in total. The third-order valence-corrected chi connectivity index (χ3v) is 5.86. The Kier molecular flexibility index (Phi) is 5.24. The molecule has 6 heteroatoms. The Hall–Kier alpha value is -1.11. The van der Waals surface area contributed by atoms with Crippen LogP contribution in [0, 0.1) is 5.92 Å². The van der Waals surface area contributed by atoms with Crippen LogP contribution < -0.4 is 15.4 Å². The molecule has 0 bridgehead atoms. The van der Waals surface area contributed by atoms with Gasteiger partial charge in [0, 0.05) is 12.6 Å². The highest BCUT2D eigenvalue weighted by Gasteiger charge is 2.32. The normalized spacial score (nSPS) is 22.4. The predicted molar refractivity (Wildman–Crippen MR) is 85.9 cm³/mol. The Morgan fingerprint density at radius 3 is 2.67 bits per heavy atom. The van der Waals surface area contributed by atoms with Crippen molar-refractivity contribution in [3.63, 3.8) is 0 Å². The highest BCUT2D eigenvalue weighted by molar-refractivity contribution is 7.89. The maximum atomic E-state index is 12.2. The lowest BCUT2D eigenvalue weighted by atomic mass is 10.0. The molecule has 3 N–H and O–H groups in total. The zero-order valence-electron chi connectivity index (χ0n) is 12.7. The summed E-state index contributed by atoms with van der Waals surface area (Å²) in [6.07, 6.45) is 3.35. The third kappa shape index (κ3) is 3.22. The molecular weight excluding hydrogens is 286 g/mol. The van der Waals surface area contributed by atoms with Crippen LogP contribution in [0.5, 0.6) is 0 Å². The fraction of sp³-hybridized carbons (Fsp3) is 0.600. The minimum Gasteiger partial charge on any atom is -0.367 e. The molecule has 2 atom stereocenters. The first-order valence-corrected chi connectivity index (χ1v) is 9.02. The molecule has 2 unspecified atom stereocenters. The first kappa shape index (κ1) is 16.3. The molecule has 0 spiro atoms. The number of benzene rings is 1. The van der Waals surface area contributed by atoms with Crippen molar-refractivity contribution in [1.29, 1.82) is 0 Å². The lowest BCUT2D eigenvalue weighted by Gasteiger charge is -2.35. The Bertz CT molecular complexity index is 574. The zero-order valence-corrected chi connectivity index (χ0v) is 13.6. The summed E-state index contributed by atoms with van der Waals surface area (Å²) >= 11 is 0. The second-order valence-corrected chi connectivity index (χ2v) is 7.31. The predicted octanol–water partition coefficient (Wildman–Crippen LogP) is 1.55. The lowest BCUT2D eigenvalue weighted by molar-refractivity contribution is 0.460. The van der Waals surface area contributed by atoms with Crippen LogP contribution in [0.25, 0.3) is 0 Å². The summed E-state index contributed by atoms with van der Waals surface area (Å²) in [6, 6.07) is 7.53. The number of nitrogens with zero attached hydrogens (tertiary/aromatic N) is 1. The fourth-order valence-electron chi connectivity index (χ4n) is 3.32. The summed E-state index contributed by atoms with van der Waals surface area (Å²) in [6.45, 7) is 3.49. The van der Waals surface area contributed by atoms with Gasteiger partial charge in [0.05, 0.1) is 5.69 Å². The van der Waals surface area contributed by atoms with Crippen molar-refractivity contribution in [3.05, 3.63) is 24.3 Å². The molecule has 1 aromatic carbocycles. The second-order valence-electron chi connectivity index (χ2n) is 5.46. The molecule has 0 saturated heterocycles. The van der Waals surface area contributed by atoms with Crippen molar-refractivity contribution < 1.29 is 8.42 Å². The average Bonchev–Trinajstić information content (AvgIpc) is 2.97. The highest BCUT2D eigenvalue weighted by Crippen LogP contribution is 2.35. The highest BCUT2D eigenvalue weighted by atomic mass is 32.2. The molecule has 2 rings (SSSR count). The average molecular weight is 311 g/mol. The monoisotopic (exact) mass is 311 g/mol. The third-order valence-electron chi connectivity index (χ3n) is 4.40.